The van der Waals surface area contributed by atoms with Crippen molar-refractivity contribution in [2.75, 3.05) is 0 Å². The molecular weight excluding hydrogens is 260 g/mol. The predicted molar refractivity (Wildman–Crippen MR) is 72.5 cm³/mol. The molecule has 0 bridgehead atoms. The first-order valence-electron chi connectivity index (χ1n) is 6.32. The summed E-state index contributed by atoms with van der Waals surface area (Å²) in [6.07, 6.45) is 0.686. The zero-order valence-electron chi connectivity index (χ0n) is 11.4. The molecule has 7 nitrogen and oxygen atoms in total. The van der Waals surface area contributed by atoms with Crippen LogP contribution in [0.15, 0.2) is 24.3 Å². The highest BCUT2D eigenvalue weighted by molar-refractivity contribution is 5.43. The Bertz CT molecular complexity index is 622. The lowest BCUT2D eigenvalue weighted by Crippen LogP contribution is -2.07. The van der Waals surface area contributed by atoms with E-state index in [9.17, 15) is 15.2 Å². The van der Waals surface area contributed by atoms with Gasteiger partial charge in [0.05, 0.1) is 22.9 Å². The first kappa shape index (κ1) is 14.1. The van der Waals surface area contributed by atoms with Crippen molar-refractivity contribution < 1.29 is 10.0 Å². The van der Waals surface area contributed by atoms with Crippen molar-refractivity contribution in [2.24, 2.45) is 5.92 Å². The maximum Gasteiger partial charge on any atom is 0.271 e. The molecule has 0 spiro atoms. The summed E-state index contributed by atoms with van der Waals surface area (Å²) in [4.78, 5) is 10.4. The summed E-state index contributed by atoms with van der Waals surface area (Å²) in [6, 6.07) is 6.20. The second kappa shape index (κ2) is 5.79. The van der Waals surface area contributed by atoms with Gasteiger partial charge in [0.15, 0.2) is 0 Å². The third-order valence-corrected chi connectivity index (χ3v) is 2.88. The number of aliphatic hydroxyl groups is 1. The number of nitro groups is 1. The molecule has 0 fully saturated rings. The van der Waals surface area contributed by atoms with Crippen LogP contribution in [0.3, 0.4) is 0 Å². The van der Waals surface area contributed by atoms with E-state index in [1.807, 2.05) is 13.8 Å². The monoisotopic (exact) mass is 276 g/mol. The average Bonchev–Trinajstić information content (AvgIpc) is 2.81. The Balaban J connectivity index is 2.49. The molecular formula is C13H16N4O3. The first-order valence-corrected chi connectivity index (χ1v) is 6.32. The lowest BCUT2D eigenvalue weighted by molar-refractivity contribution is -0.384. The van der Waals surface area contributed by atoms with Gasteiger partial charge in [0, 0.05) is 12.1 Å². The van der Waals surface area contributed by atoms with E-state index in [1.165, 1.54) is 12.1 Å². The topological polar surface area (TPSA) is 94.1 Å². The van der Waals surface area contributed by atoms with Gasteiger partial charge in [-0.3, -0.25) is 10.1 Å². The molecule has 0 unspecified atom stereocenters. The van der Waals surface area contributed by atoms with Crippen LogP contribution in [-0.4, -0.2) is 25.0 Å². The van der Waals surface area contributed by atoms with Crippen molar-refractivity contribution in [2.45, 2.75) is 26.9 Å². The summed E-state index contributed by atoms with van der Waals surface area (Å²) in [7, 11) is 0. The van der Waals surface area contributed by atoms with E-state index in [1.54, 1.807) is 16.8 Å². The SMILES string of the molecule is CC(C)Cc1c(CO)nnn1-c1cccc([N+](=O)[O-])c1. The molecule has 0 amide bonds. The van der Waals surface area contributed by atoms with Crippen LogP contribution in [0, 0.1) is 16.0 Å². The molecule has 1 N–H and O–H groups in total. The summed E-state index contributed by atoms with van der Waals surface area (Å²) in [5.74, 6) is 0.358. The number of hydrogen-bond acceptors (Lipinski definition) is 5. The Labute approximate surface area is 116 Å². The minimum atomic E-state index is -0.449. The second-order valence-electron chi connectivity index (χ2n) is 4.93. The summed E-state index contributed by atoms with van der Waals surface area (Å²) in [5, 5.41) is 28.1. The Hall–Kier alpha value is -2.28. The standard InChI is InChI=1S/C13H16N4O3/c1-9(2)6-13-12(8-18)14-15-16(13)10-4-3-5-11(7-10)17(19)20/h3-5,7,9,18H,6,8H2,1-2H3. The molecule has 0 radical (unpaired) electrons. The molecule has 1 aromatic heterocycles. The van der Waals surface area contributed by atoms with E-state index in [4.69, 9.17) is 0 Å². The van der Waals surface area contributed by atoms with Gasteiger partial charge in [0.1, 0.15) is 5.69 Å². The summed E-state index contributed by atoms with van der Waals surface area (Å²) < 4.78 is 1.55. The molecule has 0 saturated heterocycles. The Morgan fingerprint density at radius 2 is 2.20 bits per heavy atom. The Morgan fingerprint density at radius 3 is 2.80 bits per heavy atom. The predicted octanol–water partition coefficient (Wildman–Crippen LogP) is 1.87. The van der Waals surface area contributed by atoms with E-state index >= 15 is 0 Å². The summed E-state index contributed by atoms with van der Waals surface area (Å²) >= 11 is 0. The molecule has 2 rings (SSSR count). The third kappa shape index (κ3) is 2.83. The number of aromatic nitrogens is 3. The first-order chi connectivity index (χ1) is 9.52. The van der Waals surface area contributed by atoms with Crippen molar-refractivity contribution in [1.29, 1.82) is 0 Å². The van der Waals surface area contributed by atoms with Gasteiger partial charge in [0.2, 0.25) is 0 Å². The quantitative estimate of drug-likeness (QED) is 0.664. The smallest absolute Gasteiger partial charge is 0.271 e. The fourth-order valence-electron chi connectivity index (χ4n) is 1.99. The maximum atomic E-state index is 10.8. The largest absolute Gasteiger partial charge is 0.390 e. The summed E-state index contributed by atoms with van der Waals surface area (Å²) in [5.41, 5.74) is 1.86. The molecule has 106 valence electrons. The van der Waals surface area contributed by atoms with E-state index in [0.29, 0.717) is 23.7 Å². The van der Waals surface area contributed by atoms with Crippen LogP contribution in [-0.2, 0) is 13.0 Å². The number of hydrogen-bond donors (Lipinski definition) is 1. The van der Waals surface area contributed by atoms with E-state index in [-0.39, 0.29) is 12.3 Å². The van der Waals surface area contributed by atoms with Crippen LogP contribution in [0.5, 0.6) is 0 Å². The zero-order valence-corrected chi connectivity index (χ0v) is 11.4. The average molecular weight is 276 g/mol. The summed E-state index contributed by atoms with van der Waals surface area (Å²) in [6.45, 7) is 3.90. The lowest BCUT2D eigenvalue weighted by atomic mass is 10.1. The van der Waals surface area contributed by atoms with Crippen LogP contribution in [0.25, 0.3) is 5.69 Å². The molecule has 0 aliphatic carbocycles. The van der Waals surface area contributed by atoms with Gasteiger partial charge >= 0.3 is 0 Å². The second-order valence-corrected chi connectivity index (χ2v) is 4.93. The normalized spacial score (nSPS) is 11.0. The van der Waals surface area contributed by atoms with Gasteiger partial charge in [-0.15, -0.1) is 5.10 Å². The zero-order chi connectivity index (χ0) is 14.7. The molecule has 0 aliphatic heterocycles. The Morgan fingerprint density at radius 1 is 1.45 bits per heavy atom. The number of benzene rings is 1. The van der Waals surface area contributed by atoms with Crippen molar-refractivity contribution in [3.8, 4) is 5.69 Å². The maximum absolute atomic E-state index is 10.8. The molecule has 7 heteroatoms. The minimum absolute atomic E-state index is 0.000884. The lowest BCUT2D eigenvalue weighted by Gasteiger charge is -2.09. The molecule has 0 atom stereocenters. The van der Waals surface area contributed by atoms with Crippen molar-refractivity contribution in [3.63, 3.8) is 0 Å². The number of nitrogens with zero attached hydrogens (tertiary/aromatic N) is 4. The van der Waals surface area contributed by atoms with Gasteiger partial charge in [-0.2, -0.15) is 0 Å². The molecule has 2 aromatic rings. The number of nitro benzene ring substituents is 1. The fourth-order valence-corrected chi connectivity index (χ4v) is 1.99. The fraction of sp³-hybridized carbons (Fsp3) is 0.385. The van der Waals surface area contributed by atoms with Crippen LogP contribution >= 0.6 is 0 Å². The van der Waals surface area contributed by atoms with Crippen LogP contribution in [0.1, 0.15) is 25.2 Å². The van der Waals surface area contributed by atoms with Gasteiger partial charge in [-0.25, -0.2) is 4.68 Å². The van der Waals surface area contributed by atoms with Crippen LogP contribution in [0.2, 0.25) is 0 Å². The molecule has 1 heterocycles. The molecule has 0 aliphatic rings. The van der Waals surface area contributed by atoms with Gasteiger partial charge in [0.25, 0.3) is 5.69 Å². The van der Waals surface area contributed by atoms with E-state index in [2.05, 4.69) is 10.3 Å². The number of non-ortho nitro benzene ring substituents is 1. The number of rotatable bonds is 5. The highest BCUT2D eigenvalue weighted by Gasteiger charge is 2.16. The van der Waals surface area contributed by atoms with E-state index in [0.717, 1.165) is 5.69 Å². The van der Waals surface area contributed by atoms with Gasteiger partial charge < -0.3 is 5.11 Å². The minimum Gasteiger partial charge on any atom is -0.390 e. The van der Waals surface area contributed by atoms with Crippen LogP contribution in [0.4, 0.5) is 5.69 Å². The van der Waals surface area contributed by atoms with Crippen molar-refractivity contribution in [1.82, 2.24) is 15.0 Å². The highest BCUT2D eigenvalue weighted by Crippen LogP contribution is 2.20. The molecule has 20 heavy (non-hydrogen) atoms. The van der Waals surface area contributed by atoms with Gasteiger partial charge in [-0.1, -0.05) is 25.1 Å². The third-order valence-electron chi connectivity index (χ3n) is 2.88. The highest BCUT2D eigenvalue weighted by atomic mass is 16.6. The van der Waals surface area contributed by atoms with Crippen molar-refractivity contribution >= 4 is 5.69 Å². The Kier molecular flexibility index (Phi) is 4.09. The molecule has 1 aromatic carbocycles. The number of aliphatic hydroxyl groups excluding tert-OH is 1. The van der Waals surface area contributed by atoms with Crippen molar-refractivity contribution in [3.05, 3.63) is 45.8 Å². The van der Waals surface area contributed by atoms with Gasteiger partial charge in [-0.05, 0) is 18.4 Å². The molecule has 0 saturated carbocycles. The van der Waals surface area contributed by atoms with Crippen LogP contribution < -0.4 is 0 Å². The van der Waals surface area contributed by atoms with E-state index < -0.39 is 4.92 Å².